The molecule has 1 atom stereocenters. The summed E-state index contributed by atoms with van der Waals surface area (Å²) < 4.78 is 0. The fraction of sp³-hybridized carbons (Fsp3) is 1.00. The third-order valence-electron chi connectivity index (χ3n) is 4.37. The van der Waals surface area contributed by atoms with Crippen molar-refractivity contribution in [2.45, 2.75) is 51.0 Å². The molecule has 1 unspecified atom stereocenters. The van der Waals surface area contributed by atoms with Gasteiger partial charge in [0.05, 0.1) is 6.61 Å². The van der Waals surface area contributed by atoms with Gasteiger partial charge in [0.2, 0.25) is 0 Å². The van der Waals surface area contributed by atoms with Gasteiger partial charge in [-0.2, -0.15) is 0 Å². The molecular weight excluding hydrogens is 248 g/mol. The highest BCUT2D eigenvalue weighted by Gasteiger charge is 2.24. The number of halogens is 1. The summed E-state index contributed by atoms with van der Waals surface area (Å²) in [5.74, 6) is 0.803. The Bertz CT molecular complexity index is 204. The number of nitrogens with one attached hydrogen (secondary N) is 1. The van der Waals surface area contributed by atoms with E-state index in [1.54, 1.807) is 0 Å². The lowest BCUT2D eigenvalue weighted by Gasteiger charge is -2.37. The predicted molar refractivity (Wildman–Crippen MR) is 78.4 cm³/mol. The minimum absolute atomic E-state index is 0. The second kappa shape index (κ2) is 9.13. The summed E-state index contributed by atoms with van der Waals surface area (Å²) in [4.78, 5) is 2.57. The maximum atomic E-state index is 9.24. The fourth-order valence-corrected chi connectivity index (χ4v) is 3.41. The maximum Gasteiger partial charge on any atom is 0.0558 e. The minimum atomic E-state index is 0. The summed E-state index contributed by atoms with van der Waals surface area (Å²) in [6.45, 7) is 4.75. The van der Waals surface area contributed by atoms with E-state index in [0.29, 0.717) is 6.61 Å². The molecule has 2 aliphatic rings. The highest BCUT2D eigenvalue weighted by molar-refractivity contribution is 5.85. The molecule has 2 rings (SSSR count). The van der Waals surface area contributed by atoms with Gasteiger partial charge in [0.15, 0.2) is 0 Å². The number of rotatable bonds is 5. The molecular formula is C14H29ClN2O. The molecule has 18 heavy (non-hydrogen) atoms. The van der Waals surface area contributed by atoms with Crippen molar-refractivity contribution in [2.24, 2.45) is 5.92 Å². The molecule has 1 aliphatic heterocycles. The highest BCUT2D eigenvalue weighted by Crippen LogP contribution is 2.24. The van der Waals surface area contributed by atoms with E-state index in [4.69, 9.17) is 0 Å². The van der Waals surface area contributed by atoms with Crippen molar-refractivity contribution in [2.75, 3.05) is 32.8 Å². The lowest BCUT2D eigenvalue weighted by Crippen LogP contribution is -2.44. The summed E-state index contributed by atoms with van der Waals surface area (Å²) in [6.07, 6.45) is 9.56. The van der Waals surface area contributed by atoms with Crippen molar-refractivity contribution in [3.63, 3.8) is 0 Å². The second-order valence-electron chi connectivity index (χ2n) is 5.72. The summed E-state index contributed by atoms with van der Waals surface area (Å²) in [5.41, 5.74) is 0. The van der Waals surface area contributed by atoms with E-state index < -0.39 is 0 Å². The quantitative estimate of drug-likeness (QED) is 0.807. The monoisotopic (exact) mass is 276 g/mol. The molecule has 1 heterocycles. The first-order valence-corrected chi connectivity index (χ1v) is 7.46. The zero-order valence-electron chi connectivity index (χ0n) is 11.4. The van der Waals surface area contributed by atoms with E-state index in [9.17, 15) is 5.11 Å². The molecule has 0 bridgehead atoms. The summed E-state index contributed by atoms with van der Waals surface area (Å²) in [7, 11) is 0. The Morgan fingerprint density at radius 2 is 1.83 bits per heavy atom. The first-order valence-electron chi connectivity index (χ1n) is 7.46. The Balaban J connectivity index is 0.00000162. The van der Waals surface area contributed by atoms with Crippen LogP contribution >= 0.6 is 12.4 Å². The van der Waals surface area contributed by atoms with Crippen molar-refractivity contribution in [3.8, 4) is 0 Å². The van der Waals surface area contributed by atoms with Gasteiger partial charge in [-0.15, -0.1) is 12.4 Å². The lowest BCUT2D eigenvalue weighted by atomic mass is 9.92. The molecule has 1 saturated heterocycles. The smallest absolute Gasteiger partial charge is 0.0558 e. The largest absolute Gasteiger partial charge is 0.395 e. The Morgan fingerprint density at radius 1 is 1.06 bits per heavy atom. The summed E-state index contributed by atoms with van der Waals surface area (Å²) >= 11 is 0. The third-order valence-corrected chi connectivity index (χ3v) is 4.37. The molecule has 1 aliphatic carbocycles. The highest BCUT2D eigenvalue weighted by atomic mass is 35.5. The van der Waals surface area contributed by atoms with Gasteiger partial charge < -0.3 is 10.4 Å². The number of aliphatic hydroxyl groups is 1. The van der Waals surface area contributed by atoms with Gasteiger partial charge in [0.25, 0.3) is 0 Å². The van der Waals surface area contributed by atoms with Crippen LogP contribution in [0.15, 0.2) is 0 Å². The summed E-state index contributed by atoms with van der Waals surface area (Å²) in [6, 6.07) is 0.748. The molecule has 1 saturated carbocycles. The van der Waals surface area contributed by atoms with E-state index in [1.807, 2.05) is 0 Å². The zero-order valence-corrected chi connectivity index (χ0v) is 12.3. The number of hydrogen-bond donors (Lipinski definition) is 2. The molecule has 0 amide bonds. The Morgan fingerprint density at radius 3 is 2.44 bits per heavy atom. The SMILES string of the molecule is Cl.OCCN(CC1CCCNC1)C1CCCCC1. The Labute approximate surface area is 118 Å². The van der Waals surface area contributed by atoms with Gasteiger partial charge in [-0.25, -0.2) is 0 Å². The van der Waals surface area contributed by atoms with Crippen LogP contribution in [0.3, 0.4) is 0 Å². The van der Waals surface area contributed by atoms with Crippen molar-refractivity contribution in [1.82, 2.24) is 10.2 Å². The van der Waals surface area contributed by atoms with Gasteiger partial charge in [0, 0.05) is 19.1 Å². The van der Waals surface area contributed by atoms with Gasteiger partial charge in [-0.3, -0.25) is 4.90 Å². The average Bonchev–Trinajstić information content (AvgIpc) is 2.40. The van der Waals surface area contributed by atoms with Crippen LogP contribution < -0.4 is 5.32 Å². The standard InChI is InChI=1S/C14H28N2O.ClH/c17-10-9-16(14-6-2-1-3-7-14)12-13-5-4-8-15-11-13;/h13-15,17H,1-12H2;1H. The molecule has 4 heteroatoms. The van der Waals surface area contributed by atoms with E-state index in [2.05, 4.69) is 10.2 Å². The third kappa shape index (κ3) is 5.04. The Hall–Kier alpha value is 0.170. The van der Waals surface area contributed by atoms with Crippen molar-refractivity contribution < 1.29 is 5.11 Å². The molecule has 108 valence electrons. The van der Waals surface area contributed by atoms with Crippen LogP contribution in [0.25, 0.3) is 0 Å². The molecule has 2 N–H and O–H groups in total. The molecule has 0 aromatic carbocycles. The second-order valence-corrected chi connectivity index (χ2v) is 5.72. The summed E-state index contributed by atoms with van der Waals surface area (Å²) in [5, 5.41) is 12.7. The lowest BCUT2D eigenvalue weighted by molar-refractivity contribution is 0.100. The maximum absolute atomic E-state index is 9.24. The Kier molecular flexibility index (Phi) is 8.23. The predicted octanol–water partition coefficient (Wildman–Crippen LogP) is 2.03. The van der Waals surface area contributed by atoms with Crippen LogP contribution in [-0.4, -0.2) is 48.8 Å². The van der Waals surface area contributed by atoms with E-state index >= 15 is 0 Å². The van der Waals surface area contributed by atoms with Crippen LogP contribution in [-0.2, 0) is 0 Å². The average molecular weight is 277 g/mol. The van der Waals surface area contributed by atoms with E-state index in [-0.39, 0.29) is 12.4 Å². The van der Waals surface area contributed by atoms with Crippen LogP contribution in [0.4, 0.5) is 0 Å². The number of piperidine rings is 1. The zero-order chi connectivity index (χ0) is 11.9. The molecule has 3 nitrogen and oxygen atoms in total. The molecule has 0 spiro atoms. The molecule has 0 aromatic rings. The minimum Gasteiger partial charge on any atom is -0.395 e. The molecule has 0 aromatic heterocycles. The topological polar surface area (TPSA) is 35.5 Å². The van der Waals surface area contributed by atoms with E-state index in [0.717, 1.165) is 18.5 Å². The number of aliphatic hydroxyl groups excluding tert-OH is 1. The first-order chi connectivity index (χ1) is 8.40. The number of nitrogens with zero attached hydrogens (tertiary/aromatic N) is 1. The molecule has 0 radical (unpaired) electrons. The van der Waals surface area contributed by atoms with Gasteiger partial charge >= 0.3 is 0 Å². The molecule has 2 fully saturated rings. The van der Waals surface area contributed by atoms with Crippen molar-refractivity contribution in [1.29, 1.82) is 0 Å². The fourth-order valence-electron chi connectivity index (χ4n) is 3.41. The van der Waals surface area contributed by atoms with E-state index in [1.165, 1.54) is 64.6 Å². The van der Waals surface area contributed by atoms with Gasteiger partial charge in [-0.1, -0.05) is 19.3 Å². The van der Waals surface area contributed by atoms with Crippen molar-refractivity contribution in [3.05, 3.63) is 0 Å². The van der Waals surface area contributed by atoms with Gasteiger partial charge in [-0.05, 0) is 44.7 Å². The number of hydrogen-bond acceptors (Lipinski definition) is 3. The van der Waals surface area contributed by atoms with Crippen molar-refractivity contribution >= 4 is 12.4 Å². The van der Waals surface area contributed by atoms with Crippen LogP contribution in [0.5, 0.6) is 0 Å². The first kappa shape index (κ1) is 16.2. The van der Waals surface area contributed by atoms with Crippen LogP contribution in [0.2, 0.25) is 0 Å². The van der Waals surface area contributed by atoms with Crippen LogP contribution in [0.1, 0.15) is 44.9 Å². The van der Waals surface area contributed by atoms with Gasteiger partial charge in [0.1, 0.15) is 0 Å². The van der Waals surface area contributed by atoms with Crippen LogP contribution in [0, 0.1) is 5.92 Å². The normalized spacial score (nSPS) is 26.0.